The van der Waals surface area contributed by atoms with Crippen LogP contribution in [0.4, 0.5) is 5.69 Å². The predicted octanol–water partition coefficient (Wildman–Crippen LogP) is 2.44. The van der Waals surface area contributed by atoms with Crippen LogP contribution in [0, 0.1) is 0 Å². The van der Waals surface area contributed by atoms with Gasteiger partial charge < -0.3 is 15.2 Å². The maximum Gasteiger partial charge on any atom is 0.253 e. The van der Waals surface area contributed by atoms with Crippen molar-refractivity contribution in [3.05, 3.63) is 48.5 Å². The number of aromatic nitrogens is 2. The van der Waals surface area contributed by atoms with Crippen LogP contribution in [0.25, 0.3) is 0 Å². The molecule has 0 fully saturated rings. The van der Waals surface area contributed by atoms with Gasteiger partial charge in [-0.1, -0.05) is 19.1 Å². The molecule has 0 aliphatic heterocycles. The lowest BCUT2D eigenvalue weighted by Gasteiger charge is -2.11. The smallest absolute Gasteiger partial charge is 0.253 e. The van der Waals surface area contributed by atoms with Crippen LogP contribution in [-0.4, -0.2) is 27.9 Å². The van der Waals surface area contributed by atoms with E-state index in [0.29, 0.717) is 24.2 Å². The third kappa shape index (κ3) is 5.25. The molecule has 0 aliphatic carbocycles. The molecular weight excluding hydrogens is 292 g/mol. The molecule has 1 aromatic heterocycles. The summed E-state index contributed by atoms with van der Waals surface area (Å²) >= 11 is 0. The standard InChI is InChI=1S/C17H22N4O2/c1-2-6-16(22)20-15-8-4-3-7-14(15)17(23)19-9-5-11-21-12-10-18-13-21/h3-4,7-8,10,12-13H,2,5-6,9,11H2,1H3,(H,19,23)(H,20,22). The van der Waals surface area contributed by atoms with Gasteiger partial charge in [0.1, 0.15) is 0 Å². The molecule has 122 valence electrons. The van der Waals surface area contributed by atoms with Crippen molar-refractivity contribution in [2.24, 2.45) is 0 Å². The highest BCUT2D eigenvalue weighted by Crippen LogP contribution is 2.15. The molecule has 6 nitrogen and oxygen atoms in total. The van der Waals surface area contributed by atoms with Crippen LogP contribution in [0.1, 0.15) is 36.5 Å². The molecule has 0 aliphatic rings. The molecule has 2 amide bonds. The Bertz CT molecular complexity index is 638. The number of rotatable bonds is 8. The largest absolute Gasteiger partial charge is 0.352 e. The third-order valence-corrected chi connectivity index (χ3v) is 3.36. The number of amides is 2. The normalized spacial score (nSPS) is 10.3. The molecule has 1 aromatic carbocycles. The summed E-state index contributed by atoms with van der Waals surface area (Å²) in [5, 5.41) is 5.68. The SMILES string of the molecule is CCCC(=O)Nc1ccccc1C(=O)NCCCn1ccnc1. The van der Waals surface area contributed by atoms with Crippen LogP contribution in [0.2, 0.25) is 0 Å². The number of imidazole rings is 1. The van der Waals surface area contributed by atoms with Gasteiger partial charge in [-0.15, -0.1) is 0 Å². The summed E-state index contributed by atoms with van der Waals surface area (Å²) in [5.41, 5.74) is 1.04. The number of benzene rings is 1. The van der Waals surface area contributed by atoms with E-state index in [-0.39, 0.29) is 11.8 Å². The van der Waals surface area contributed by atoms with Gasteiger partial charge in [0.25, 0.3) is 5.91 Å². The molecule has 2 aromatic rings. The zero-order chi connectivity index (χ0) is 16.5. The Kier molecular flexibility index (Phi) is 6.35. The quantitative estimate of drug-likeness (QED) is 0.735. The highest BCUT2D eigenvalue weighted by molar-refractivity contribution is 6.03. The lowest BCUT2D eigenvalue weighted by molar-refractivity contribution is -0.116. The second kappa shape index (κ2) is 8.73. The summed E-state index contributed by atoms with van der Waals surface area (Å²) in [4.78, 5) is 28.0. The number of anilines is 1. The van der Waals surface area contributed by atoms with E-state index >= 15 is 0 Å². The van der Waals surface area contributed by atoms with Crippen LogP contribution >= 0.6 is 0 Å². The van der Waals surface area contributed by atoms with Crippen LogP contribution in [0.15, 0.2) is 43.0 Å². The molecule has 0 unspecified atom stereocenters. The number of nitrogens with zero attached hydrogens (tertiary/aromatic N) is 2. The molecule has 6 heteroatoms. The minimum Gasteiger partial charge on any atom is -0.352 e. The second-order valence-corrected chi connectivity index (χ2v) is 5.25. The molecule has 0 radical (unpaired) electrons. The number of hydrogen-bond donors (Lipinski definition) is 2. The van der Waals surface area contributed by atoms with Crippen molar-refractivity contribution in [1.29, 1.82) is 0 Å². The van der Waals surface area contributed by atoms with E-state index in [1.807, 2.05) is 17.7 Å². The van der Waals surface area contributed by atoms with Gasteiger partial charge in [0, 0.05) is 31.9 Å². The minimum absolute atomic E-state index is 0.0761. The van der Waals surface area contributed by atoms with Crippen LogP contribution < -0.4 is 10.6 Å². The first kappa shape index (κ1) is 16.7. The molecule has 2 rings (SSSR count). The Labute approximate surface area is 135 Å². The molecule has 23 heavy (non-hydrogen) atoms. The van der Waals surface area contributed by atoms with Crippen molar-refractivity contribution in [2.45, 2.75) is 32.7 Å². The highest BCUT2D eigenvalue weighted by Gasteiger charge is 2.12. The number of carbonyl (C=O) groups excluding carboxylic acids is 2. The third-order valence-electron chi connectivity index (χ3n) is 3.36. The molecule has 0 atom stereocenters. The topological polar surface area (TPSA) is 76.0 Å². The van der Waals surface area contributed by atoms with Gasteiger partial charge in [-0.25, -0.2) is 4.98 Å². The van der Waals surface area contributed by atoms with E-state index in [1.54, 1.807) is 36.8 Å². The first-order chi connectivity index (χ1) is 11.2. The van der Waals surface area contributed by atoms with E-state index in [1.165, 1.54) is 0 Å². The fraction of sp³-hybridized carbons (Fsp3) is 0.353. The van der Waals surface area contributed by atoms with E-state index < -0.39 is 0 Å². The number of carbonyl (C=O) groups is 2. The van der Waals surface area contributed by atoms with Gasteiger partial charge in [0.2, 0.25) is 5.91 Å². The molecule has 0 saturated carbocycles. The van der Waals surface area contributed by atoms with Crippen LogP contribution in [0.5, 0.6) is 0 Å². The Morgan fingerprint density at radius 3 is 2.83 bits per heavy atom. The minimum atomic E-state index is -0.178. The first-order valence-corrected chi connectivity index (χ1v) is 7.83. The predicted molar refractivity (Wildman–Crippen MR) is 89.2 cm³/mol. The van der Waals surface area contributed by atoms with E-state index in [4.69, 9.17) is 0 Å². The number of para-hydroxylation sites is 1. The summed E-state index contributed by atoms with van der Waals surface area (Å²) in [6, 6.07) is 7.05. The van der Waals surface area contributed by atoms with Gasteiger partial charge in [-0.3, -0.25) is 9.59 Å². The average Bonchev–Trinajstić information content (AvgIpc) is 3.05. The fourth-order valence-electron chi connectivity index (χ4n) is 2.21. The van der Waals surface area contributed by atoms with Crippen molar-refractivity contribution >= 4 is 17.5 Å². The maximum absolute atomic E-state index is 12.3. The lowest BCUT2D eigenvalue weighted by Crippen LogP contribution is -2.26. The summed E-state index contributed by atoms with van der Waals surface area (Å²) in [5.74, 6) is -0.254. The number of aryl methyl sites for hydroxylation is 1. The first-order valence-electron chi connectivity index (χ1n) is 7.83. The van der Waals surface area contributed by atoms with Crippen LogP contribution in [0.3, 0.4) is 0 Å². The van der Waals surface area contributed by atoms with Gasteiger partial charge in [-0.05, 0) is 25.0 Å². The van der Waals surface area contributed by atoms with E-state index in [9.17, 15) is 9.59 Å². The zero-order valence-corrected chi connectivity index (χ0v) is 13.3. The van der Waals surface area contributed by atoms with E-state index in [0.717, 1.165) is 19.4 Å². The lowest BCUT2D eigenvalue weighted by atomic mass is 10.1. The van der Waals surface area contributed by atoms with E-state index in [2.05, 4.69) is 15.6 Å². The Morgan fingerprint density at radius 2 is 2.09 bits per heavy atom. The maximum atomic E-state index is 12.3. The number of nitrogens with one attached hydrogen (secondary N) is 2. The Hall–Kier alpha value is -2.63. The van der Waals surface area contributed by atoms with Crippen molar-refractivity contribution in [1.82, 2.24) is 14.9 Å². The second-order valence-electron chi connectivity index (χ2n) is 5.25. The van der Waals surface area contributed by atoms with Crippen molar-refractivity contribution in [3.63, 3.8) is 0 Å². The monoisotopic (exact) mass is 314 g/mol. The fourth-order valence-corrected chi connectivity index (χ4v) is 2.21. The van der Waals surface area contributed by atoms with Gasteiger partial charge in [0.15, 0.2) is 0 Å². The summed E-state index contributed by atoms with van der Waals surface area (Å²) in [6.45, 7) is 3.31. The molecule has 0 saturated heterocycles. The average molecular weight is 314 g/mol. The van der Waals surface area contributed by atoms with Crippen molar-refractivity contribution in [2.75, 3.05) is 11.9 Å². The van der Waals surface area contributed by atoms with Crippen LogP contribution in [-0.2, 0) is 11.3 Å². The zero-order valence-electron chi connectivity index (χ0n) is 13.3. The van der Waals surface area contributed by atoms with Crippen molar-refractivity contribution in [3.8, 4) is 0 Å². The number of hydrogen-bond acceptors (Lipinski definition) is 3. The van der Waals surface area contributed by atoms with Gasteiger partial charge in [-0.2, -0.15) is 0 Å². The summed E-state index contributed by atoms with van der Waals surface area (Å²) in [6.07, 6.45) is 7.40. The molecule has 2 N–H and O–H groups in total. The molecule has 0 spiro atoms. The van der Waals surface area contributed by atoms with Gasteiger partial charge >= 0.3 is 0 Å². The Morgan fingerprint density at radius 1 is 1.26 bits per heavy atom. The summed E-state index contributed by atoms with van der Waals surface area (Å²) < 4.78 is 1.96. The Balaban J connectivity index is 1.87. The van der Waals surface area contributed by atoms with Gasteiger partial charge in [0.05, 0.1) is 17.6 Å². The van der Waals surface area contributed by atoms with Crippen molar-refractivity contribution < 1.29 is 9.59 Å². The highest BCUT2D eigenvalue weighted by atomic mass is 16.2. The molecular formula is C17H22N4O2. The summed E-state index contributed by atoms with van der Waals surface area (Å²) in [7, 11) is 0. The molecule has 0 bridgehead atoms. The molecule has 1 heterocycles.